The molecule has 1 aromatic heterocycles. The number of rotatable bonds is 1. The molecule has 1 saturated heterocycles. The van der Waals surface area contributed by atoms with E-state index in [0.717, 1.165) is 6.42 Å². The second-order valence-corrected chi connectivity index (χ2v) is 4.72. The summed E-state index contributed by atoms with van der Waals surface area (Å²) in [6, 6.07) is 3.21. The number of H-pyrrole nitrogens is 1. The van der Waals surface area contributed by atoms with Gasteiger partial charge >= 0.3 is 0 Å². The maximum atomic E-state index is 12.2. The molecule has 2 rings (SSSR count). The number of amides is 1. The molecule has 0 aromatic carbocycles. The molecule has 0 radical (unpaired) electrons. The van der Waals surface area contributed by atoms with E-state index in [4.69, 9.17) is 5.73 Å². The van der Waals surface area contributed by atoms with Crippen LogP contribution < -0.4 is 11.3 Å². The minimum atomic E-state index is -0.343. The fourth-order valence-electron chi connectivity index (χ4n) is 2.33. The molecule has 92 valence electrons. The zero-order valence-electron chi connectivity index (χ0n) is 9.85. The Morgan fingerprint density at radius 3 is 2.94 bits per heavy atom. The quantitative estimate of drug-likeness (QED) is 0.729. The van der Waals surface area contributed by atoms with Crippen LogP contribution in [0.4, 0.5) is 0 Å². The van der Waals surface area contributed by atoms with E-state index in [1.54, 1.807) is 17.0 Å². The minimum absolute atomic E-state index is 0.00509. The van der Waals surface area contributed by atoms with Crippen LogP contribution in [0.2, 0.25) is 0 Å². The standard InChI is InChI=1S/C12H17N3O2/c1-8-5-9(13)7-15(6-8)12(17)10-3-2-4-14-11(10)16/h2-4,8-9H,5-7,13H2,1H3,(H,14,16). The van der Waals surface area contributed by atoms with E-state index < -0.39 is 0 Å². The minimum Gasteiger partial charge on any atom is -0.337 e. The first-order valence-electron chi connectivity index (χ1n) is 5.80. The average Bonchev–Trinajstić information content (AvgIpc) is 2.27. The van der Waals surface area contributed by atoms with Crippen molar-refractivity contribution in [2.45, 2.75) is 19.4 Å². The summed E-state index contributed by atoms with van der Waals surface area (Å²) < 4.78 is 0. The molecule has 1 fully saturated rings. The van der Waals surface area contributed by atoms with Gasteiger partial charge in [0.15, 0.2) is 0 Å². The molecule has 0 saturated carbocycles. The van der Waals surface area contributed by atoms with Crippen molar-refractivity contribution >= 4 is 5.91 Å². The predicted molar refractivity (Wildman–Crippen MR) is 64.7 cm³/mol. The van der Waals surface area contributed by atoms with E-state index in [0.29, 0.717) is 19.0 Å². The number of nitrogens with one attached hydrogen (secondary N) is 1. The first kappa shape index (κ1) is 11.9. The molecule has 0 aliphatic carbocycles. The molecule has 5 nitrogen and oxygen atoms in total. The van der Waals surface area contributed by atoms with Crippen LogP contribution in [0.1, 0.15) is 23.7 Å². The Hall–Kier alpha value is -1.62. The van der Waals surface area contributed by atoms with Crippen LogP contribution in [-0.4, -0.2) is 34.9 Å². The summed E-state index contributed by atoms with van der Waals surface area (Å²) in [5.74, 6) is 0.152. The first-order chi connectivity index (χ1) is 8.08. The molecule has 17 heavy (non-hydrogen) atoms. The molecule has 2 heterocycles. The van der Waals surface area contributed by atoms with Gasteiger partial charge in [-0.3, -0.25) is 9.59 Å². The smallest absolute Gasteiger partial charge is 0.260 e. The van der Waals surface area contributed by atoms with E-state index in [1.807, 2.05) is 0 Å². The highest BCUT2D eigenvalue weighted by molar-refractivity contribution is 5.93. The van der Waals surface area contributed by atoms with Gasteiger partial charge in [-0.2, -0.15) is 0 Å². The second-order valence-electron chi connectivity index (χ2n) is 4.72. The van der Waals surface area contributed by atoms with Gasteiger partial charge in [0.05, 0.1) is 0 Å². The highest BCUT2D eigenvalue weighted by Gasteiger charge is 2.27. The molecule has 3 N–H and O–H groups in total. The molecule has 1 aliphatic rings. The monoisotopic (exact) mass is 235 g/mol. The number of carbonyl (C=O) groups is 1. The summed E-state index contributed by atoms with van der Waals surface area (Å²) in [6.07, 6.45) is 2.44. The van der Waals surface area contributed by atoms with Crippen molar-refractivity contribution in [3.63, 3.8) is 0 Å². The van der Waals surface area contributed by atoms with E-state index in [9.17, 15) is 9.59 Å². The number of piperidine rings is 1. The predicted octanol–water partition coefficient (Wildman–Crippen LogP) is 0.184. The Morgan fingerprint density at radius 2 is 2.29 bits per heavy atom. The number of hydrogen-bond donors (Lipinski definition) is 2. The van der Waals surface area contributed by atoms with Crippen LogP contribution in [0.3, 0.4) is 0 Å². The zero-order valence-corrected chi connectivity index (χ0v) is 9.85. The number of hydrogen-bond acceptors (Lipinski definition) is 3. The Morgan fingerprint density at radius 1 is 1.53 bits per heavy atom. The van der Waals surface area contributed by atoms with Gasteiger partial charge in [0.1, 0.15) is 5.56 Å². The molecule has 1 aliphatic heterocycles. The molecule has 5 heteroatoms. The van der Waals surface area contributed by atoms with Crippen molar-refractivity contribution in [1.82, 2.24) is 9.88 Å². The van der Waals surface area contributed by atoms with Crippen LogP contribution in [0.5, 0.6) is 0 Å². The fraction of sp³-hybridized carbons (Fsp3) is 0.500. The largest absolute Gasteiger partial charge is 0.337 e. The number of nitrogens with two attached hydrogens (primary N) is 1. The third kappa shape index (κ3) is 2.55. The second kappa shape index (κ2) is 4.71. The van der Waals surface area contributed by atoms with Crippen molar-refractivity contribution in [2.24, 2.45) is 11.7 Å². The third-order valence-electron chi connectivity index (χ3n) is 3.03. The lowest BCUT2D eigenvalue weighted by Gasteiger charge is -2.34. The Bertz CT molecular complexity index is 459. The number of aromatic amines is 1. The van der Waals surface area contributed by atoms with Gasteiger partial charge in [-0.05, 0) is 24.5 Å². The lowest BCUT2D eigenvalue weighted by atomic mass is 9.96. The van der Waals surface area contributed by atoms with Crippen LogP contribution in [-0.2, 0) is 0 Å². The molecular weight excluding hydrogens is 218 g/mol. The number of nitrogens with zero attached hydrogens (tertiary/aromatic N) is 1. The lowest BCUT2D eigenvalue weighted by molar-refractivity contribution is 0.0659. The average molecular weight is 235 g/mol. The number of pyridine rings is 1. The molecule has 0 bridgehead atoms. The zero-order chi connectivity index (χ0) is 12.4. The first-order valence-corrected chi connectivity index (χ1v) is 5.80. The van der Waals surface area contributed by atoms with E-state index in [1.165, 1.54) is 6.20 Å². The summed E-state index contributed by atoms with van der Waals surface area (Å²) in [5.41, 5.74) is 5.74. The SMILES string of the molecule is CC1CC(N)CN(C(=O)c2ccc[nH]c2=O)C1. The summed E-state index contributed by atoms with van der Waals surface area (Å²) in [6.45, 7) is 3.26. The molecular formula is C12H17N3O2. The molecule has 1 amide bonds. The fourth-order valence-corrected chi connectivity index (χ4v) is 2.33. The maximum absolute atomic E-state index is 12.2. The van der Waals surface area contributed by atoms with E-state index in [-0.39, 0.29) is 23.1 Å². The van der Waals surface area contributed by atoms with E-state index >= 15 is 0 Å². The topological polar surface area (TPSA) is 79.2 Å². The lowest BCUT2D eigenvalue weighted by Crippen LogP contribution is -2.49. The van der Waals surface area contributed by atoms with Crippen molar-refractivity contribution < 1.29 is 4.79 Å². The van der Waals surface area contributed by atoms with Crippen LogP contribution in [0.25, 0.3) is 0 Å². The molecule has 2 atom stereocenters. The van der Waals surface area contributed by atoms with Crippen molar-refractivity contribution in [2.75, 3.05) is 13.1 Å². The van der Waals surface area contributed by atoms with Gasteiger partial charge in [-0.25, -0.2) is 0 Å². The highest BCUT2D eigenvalue weighted by atomic mass is 16.2. The van der Waals surface area contributed by atoms with Crippen LogP contribution >= 0.6 is 0 Å². The summed E-state index contributed by atoms with van der Waals surface area (Å²) in [7, 11) is 0. The Labute approximate surface area is 99.6 Å². The summed E-state index contributed by atoms with van der Waals surface area (Å²) in [5, 5.41) is 0. The van der Waals surface area contributed by atoms with E-state index in [2.05, 4.69) is 11.9 Å². The normalized spacial score (nSPS) is 24.7. The molecule has 0 spiro atoms. The third-order valence-corrected chi connectivity index (χ3v) is 3.03. The summed E-state index contributed by atoms with van der Waals surface area (Å²) in [4.78, 5) is 27.9. The Kier molecular flexibility index (Phi) is 3.28. The van der Waals surface area contributed by atoms with Gasteiger partial charge in [0, 0.05) is 25.3 Å². The highest BCUT2D eigenvalue weighted by Crippen LogP contribution is 2.16. The maximum Gasteiger partial charge on any atom is 0.260 e. The Balaban J connectivity index is 2.20. The van der Waals surface area contributed by atoms with Crippen molar-refractivity contribution in [1.29, 1.82) is 0 Å². The van der Waals surface area contributed by atoms with Crippen LogP contribution in [0.15, 0.2) is 23.1 Å². The van der Waals surface area contributed by atoms with Gasteiger partial charge in [-0.1, -0.05) is 6.92 Å². The van der Waals surface area contributed by atoms with Crippen LogP contribution in [0, 0.1) is 5.92 Å². The van der Waals surface area contributed by atoms with Crippen molar-refractivity contribution in [3.8, 4) is 0 Å². The van der Waals surface area contributed by atoms with Gasteiger partial charge in [-0.15, -0.1) is 0 Å². The van der Waals surface area contributed by atoms with Gasteiger partial charge in [0.25, 0.3) is 11.5 Å². The van der Waals surface area contributed by atoms with Crippen molar-refractivity contribution in [3.05, 3.63) is 34.2 Å². The number of aromatic nitrogens is 1. The van der Waals surface area contributed by atoms with Gasteiger partial charge < -0.3 is 15.6 Å². The number of likely N-dealkylation sites (tertiary alicyclic amines) is 1. The summed E-state index contributed by atoms with van der Waals surface area (Å²) >= 11 is 0. The molecule has 1 aromatic rings. The molecule has 2 unspecified atom stereocenters. The number of carbonyl (C=O) groups excluding carboxylic acids is 1. The van der Waals surface area contributed by atoms with Gasteiger partial charge in [0.2, 0.25) is 0 Å².